The first-order valence-electron chi connectivity index (χ1n) is 8.42. The van der Waals surface area contributed by atoms with Gasteiger partial charge in [0, 0.05) is 44.1 Å². The average molecular weight is 342 g/mol. The normalized spacial score (nSPS) is 13.1. The van der Waals surface area contributed by atoms with Crippen LogP contribution in [0.15, 0.2) is 36.7 Å². The second kappa shape index (κ2) is 9.13. The Kier molecular flexibility index (Phi) is 6.89. The molecule has 2 atom stereocenters. The molecule has 2 N–H and O–H groups in total. The molecule has 1 amide bonds. The molecule has 0 aliphatic rings. The lowest BCUT2D eigenvalue weighted by Gasteiger charge is -2.13. The Bertz CT molecular complexity index is 671. The summed E-state index contributed by atoms with van der Waals surface area (Å²) in [7, 11) is 1.67. The van der Waals surface area contributed by atoms with Gasteiger partial charge in [0.15, 0.2) is 0 Å². The minimum Gasteiger partial charge on any atom is -0.383 e. The van der Waals surface area contributed by atoms with Gasteiger partial charge in [0.1, 0.15) is 0 Å². The Balaban J connectivity index is 1.98. The van der Waals surface area contributed by atoms with E-state index in [1.54, 1.807) is 7.11 Å². The number of anilines is 1. The van der Waals surface area contributed by atoms with Crippen molar-refractivity contribution < 1.29 is 9.53 Å². The van der Waals surface area contributed by atoms with E-state index in [0.717, 1.165) is 17.5 Å². The number of carbonyl (C=O) groups is 1. The van der Waals surface area contributed by atoms with Crippen LogP contribution in [0.2, 0.25) is 0 Å². The summed E-state index contributed by atoms with van der Waals surface area (Å²) >= 11 is 0. The quantitative estimate of drug-likeness (QED) is 0.771. The number of hydrogen-bond donors (Lipinski definition) is 2. The SMILES string of the molecule is COCC(C)Nc1ncc(-c2ccc(CC(C)NC(C)=O)cc2)cn1. The molecule has 0 fully saturated rings. The van der Waals surface area contributed by atoms with Crippen LogP contribution in [0.5, 0.6) is 0 Å². The third-order valence-electron chi connectivity index (χ3n) is 3.72. The summed E-state index contributed by atoms with van der Waals surface area (Å²) in [6.07, 6.45) is 4.42. The molecule has 0 aliphatic carbocycles. The van der Waals surface area contributed by atoms with Gasteiger partial charge in [-0.2, -0.15) is 0 Å². The molecule has 0 saturated heterocycles. The van der Waals surface area contributed by atoms with Gasteiger partial charge in [0.05, 0.1) is 6.61 Å². The smallest absolute Gasteiger partial charge is 0.222 e. The van der Waals surface area contributed by atoms with Crippen LogP contribution in [0.25, 0.3) is 11.1 Å². The molecule has 0 bridgehead atoms. The first kappa shape index (κ1) is 18.9. The monoisotopic (exact) mass is 342 g/mol. The molecule has 6 nitrogen and oxygen atoms in total. The highest BCUT2D eigenvalue weighted by Gasteiger charge is 2.07. The lowest BCUT2D eigenvalue weighted by molar-refractivity contribution is -0.119. The number of nitrogens with one attached hydrogen (secondary N) is 2. The summed E-state index contributed by atoms with van der Waals surface area (Å²) in [5, 5.41) is 6.08. The van der Waals surface area contributed by atoms with Gasteiger partial charge in [-0.15, -0.1) is 0 Å². The highest BCUT2D eigenvalue weighted by Crippen LogP contribution is 2.19. The molecule has 1 heterocycles. The van der Waals surface area contributed by atoms with E-state index < -0.39 is 0 Å². The Morgan fingerprint density at radius 3 is 2.28 bits per heavy atom. The molecule has 1 aromatic carbocycles. The van der Waals surface area contributed by atoms with Crippen LogP contribution in [0.1, 0.15) is 26.3 Å². The van der Waals surface area contributed by atoms with Crippen molar-refractivity contribution in [1.29, 1.82) is 0 Å². The Labute approximate surface area is 149 Å². The van der Waals surface area contributed by atoms with Crippen LogP contribution in [0.3, 0.4) is 0 Å². The van der Waals surface area contributed by atoms with Crippen LogP contribution >= 0.6 is 0 Å². The van der Waals surface area contributed by atoms with E-state index in [1.165, 1.54) is 12.5 Å². The summed E-state index contributed by atoms with van der Waals surface area (Å²) in [6, 6.07) is 8.51. The van der Waals surface area contributed by atoms with Gasteiger partial charge in [-0.25, -0.2) is 9.97 Å². The van der Waals surface area contributed by atoms with Crippen molar-refractivity contribution >= 4 is 11.9 Å². The van der Waals surface area contributed by atoms with Gasteiger partial charge >= 0.3 is 0 Å². The minimum absolute atomic E-state index is 0.00483. The lowest BCUT2D eigenvalue weighted by atomic mass is 10.0. The number of methoxy groups -OCH3 is 1. The number of aromatic nitrogens is 2. The standard InChI is InChI=1S/C19H26N4O2/c1-13(22-15(3)24)9-16-5-7-17(8-6-16)18-10-20-19(21-11-18)23-14(2)12-25-4/h5-8,10-11,13-14H,9,12H2,1-4H3,(H,22,24)(H,20,21,23). The number of benzene rings is 1. The van der Waals surface area contributed by atoms with Crippen molar-refractivity contribution in [3.63, 3.8) is 0 Å². The number of carbonyl (C=O) groups excluding carboxylic acids is 1. The number of hydrogen-bond acceptors (Lipinski definition) is 5. The fourth-order valence-corrected chi connectivity index (χ4v) is 2.65. The Hall–Kier alpha value is -2.47. The van der Waals surface area contributed by atoms with Crippen LogP contribution in [0, 0.1) is 0 Å². The van der Waals surface area contributed by atoms with Crippen LogP contribution < -0.4 is 10.6 Å². The number of ether oxygens (including phenoxy) is 1. The number of rotatable bonds is 8. The Morgan fingerprint density at radius 2 is 1.72 bits per heavy atom. The zero-order chi connectivity index (χ0) is 18.2. The van der Waals surface area contributed by atoms with E-state index in [4.69, 9.17) is 4.74 Å². The first-order chi connectivity index (χ1) is 12.0. The fourth-order valence-electron chi connectivity index (χ4n) is 2.65. The van der Waals surface area contributed by atoms with Crippen molar-refractivity contribution in [3.8, 4) is 11.1 Å². The molecule has 0 saturated carbocycles. The van der Waals surface area contributed by atoms with Crippen LogP contribution in [-0.2, 0) is 16.0 Å². The molecule has 25 heavy (non-hydrogen) atoms. The van der Waals surface area contributed by atoms with Gasteiger partial charge in [0.2, 0.25) is 11.9 Å². The number of amides is 1. The molecule has 6 heteroatoms. The predicted octanol–water partition coefficient (Wildman–Crippen LogP) is 2.66. The molecular weight excluding hydrogens is 316 g/mol. The Morgan fingerprint density at radius 1 is 1.08 bits per heavy atom. The maximum Gasteiger partial charge on any atom is 0.222 e. The first-order valence-corrected chi connectivity index (χ1v) is 8.42. The minimum atomic E-state index is -0.00483. The summed E-state index contributed by atoms with van der Waals surface area (Å²) in [5.74, 6) is 0.587. The van der Waals surface area contributed by atoms with Gasteiger partial charge in [0.25, 0.3) is 0 Å². The van der Waals surface area contributed by atoms with Crippen molar-refractivity contribution in [2.75, 3.05) is 19.0 Å². The molecule has 2 aromatic rings. The van der Waals surface area contributed by atoms with E-state index in [2.05, 4.69) is 44.9 Å². The van der Waals surface area contributed by atoms with Crippen LogP contribution in [-0.4, -0.2) is 41.7 Å². The maximum atomic E-state index is 11.1. The van der Waals surface area contributed by atoms with E-state index >= 15 is 0 Å². The largest absolute Gasteiger partial charge is 0.383 e. The van der Waals surface area contributed by atoms with Crippen LogP contribution in [0.4, 0.5) is 5.95 Å². The van der Waals surface area contributed by atoms with Gasteiger partial charge in [-0.3, -0.25) is 4.79 Å². The molecule has 2 rings (SSSR count). The summed E-state index contributed by atoms with van der Waals surface area (Å²) in [6.45, 7) is 6.15. The van der Waals surface area contributed by atoms with Gasteiger partial charge in [-0.05, 0) is 31.4 Å². The van der Waals surface area contributed by atoms with E-state index in [0.29, 0.717) is 12.6 Å². The van der Waals surface area contributed by atoms with E-state index in [-0.39, 0.29) is 18.0 Å². The van der Waals surface area contributed by atoms with E-state index in [9.17, 15) is 4.79 Å². The van der Waals surface area contributed by atoms with Crippen molar-refractivity contribution in [2.45, 2.75) is 39.3 Å². The van der Waals surface area contributed by atoms with Crippen molar-refractivity contribution in [3.05, 3.63) is 42.2 Å². The molecular formula is C19H26N4O2. The lowest BCUT2D eigenvalue weighted by Crippen LogP contribution is -2.31. The maximum absolute atomic E-state index is 11.1. The average Bonchev–Trinajstić information content (AvgIpc) is 2.56. The molecule has 0 radical (unpaired) electrons. The second-order valence-electron chi connectivity index (χ2n) is 6.30. The molecule has 2 unspecified atom stereocenters. The van der Waals surface area contributed by atoms with E-state index in [1.807, 2.05) is 26.2 Å². The second-order valence-corrected chi connectivity index (χ2v) is 6.30. The summed E-state index contributed by atoms with van der Waals surface area (Å²) in [5.41, 5.74) is 3.21. The predicted molar refractivity (Wildman–Crippen MR) is 99.4 cm³/mol. The summed E-state index contributed by atoms with van der Waals surface area (Å²) in [4.78, 5) is 19.8. The topological polar surface area (TPSA) is 76.1 Å². The third kappa shape index (κ3) is 6.15. The summed E-state index contributed by atoms with van der Waals surface area (Å²) < 4.78 is 5.09. The molecule has 0 aliphatic heterocycles. The number of nitrogens with zero attached hydrogens (tertiary/aromatic N) is 2. The fraction of sp³-hybridized carbons (Fsp3) is 0.421. The van der Waals surface area contributed by atoms with Gasteiger partial charge in [-0.1, -0.05) is 24.3 Å². The highest BCUT2D eigenvalue weighted by atomic mass is 16.5. The zero-order valence-electron chi connectivity index (χ0n) is 15.2. The third-order valence-corrected chi connectivity index (χ3v) is 3.72. The van der Waals surface area contributed by atoms with Crippen molar-refractivity contribution in [2.24, 2.45) is 0 Å². The zero-order valence-corrected chi connectivity index (χ0v) is 15.2. The molecule has 134 valence electrons. The van der Waals surface area contributed by atoms with Crippen molar-refractivity contribution in [1.82, 2.24) is 15.3 Å². The molecule has 1 aromatic heterocycles. The molecule has 0 spiro atoms. The van der Waals surface area contributed by atoms with Gasteiger partial charge < -0.3 is 15.4 Å². The highest BCUT2D eigenvalue weighted by molar-refractivity contribution is 5.73.